The number of carbonyl (C=O) groups is 2. The van der Waals surface area contributed by atoms with Crippen LogP contribution in [0.3, 0.4) is 0 Å². The first-order chi connectivity index (χ1) is 14.2. The number of carbonyl (C=O) groups excluding carboxylic acids is 2. The molecule has 0 spiro atoms. The van der Waals surface area contributed by atoms with Crippen molar-refractivity contribution < 1.29 is 22.8 Å². The third-order valence-electron chi connectivity index (χ3n) is 5.26. The monoisotopic (exact) mass is 419 g/mol. The maximum atomic E-state index is 13.0. The van der Waals surface area contributed by atoms with Crippen LogP contribution in [0.5, 0.6) is 0 Å². The Morgan fingerprint density at radius 3 is 2.50 bits per heavy atom. The highest BCUT2D eigenvalue weighted by atomic mass is 19.4. The van der Waals surface area contributed by atoms with Gasteiger partial charge >= 0.3 is 6.18 Å². The molecule has 0 unspecified atom stereocenters. The lowest BCUT2D eigenvalue weighted by Crippen LogP contribution is -2.38. The molecule has 1 saturated heterocycles. The second-order valence-electron chi connectivity index (χ2n) is 7.59. The number of amides is 2. The lowest BCUT2D eigenvalue weighted by molar-refractivity contribution is -0.137. The summed E-state index contributed by atoms with van der Waals surface area (Å²) in [6, 6.07) is 14.3. The number of hydrogen-bond donors (Lipinski definition) is 1. The normalized spacial score (nSPS) is 18.0. The van der Waals surface area contributed by atoms with Gasteiger partial charge in [0.2, 0.25) is 11.8 Å². The zero-order valence-electron chi connectivity index (χ0n) is 16.8. The minimum Gasteiger partial charge on any atom is -0.354 e. The van der Waals surface area contributed by atoms with Crippen LogP contribution in [0.1, 0.15) is 23.6 Å². The molecular weight excluding hydrogens is 395 g/mol. The van der Waals surface area contributed by atoms with Crippen LogP contribution < -0.4 is 10.2 Å². The molecule has 30 heavy (non-hydrogen) atoms. The van der Waals surface area contributed by atoms with E-state index in [-0.39, 0.29) is 36.5 Å². The zero-order valence-corrected chi connectivity index (χ0v) is 16.8. The fourth-order valence-electron chi connectivity index (χ4n) is 3.60. The lowest BCUT2D eigenvalue weighted by atomic mass is 10.0. The van der Waals surface area contributed by atoms with E-state index in [9.17, 15) is 22.8 Å². The summed E-state index contributed by atoms with van der Waals surface area (Å²) in [7, 11) is 3.83. The van der Waals surface area contributed by atoms with Gasteiger partial charge in [-0.1, -0.05) is 36.4 Å². The number of alkyl halides is 3. The summed E-state index contributed by atoms with van der Waals surface area (Å²) < 4.78 is 38.9. The molecular formula is C22H24F3N3O2. The van der Waals surface area contributed by atoms with Crippen LogP contribution >= 0.6 is 0 Å². The molecule has 1 N–H and O–H groups in total. The van der Waals surface area contributed by atoms with Gasteiger partial charge in [0.05, 0.1) is 17.5 Å². The molecule has 0 radical (unpaired) electrons. The Morgan fingerprint density at radius 1 is 1.17 bits per heavy atom. The molecule has 3 rings (SSSR count). The molecule has 1 heterocycles. The van der Waals surface area contributed by atoms with Gasteiger partial charge in [-0.25, -0.2) is 0 Å². The zero-order chi connectivity index (χ0) is 21.9. The van der Waals surface area contributed by atoms with Gasteiger partial charge < -0.3 is 15.1 Å². The second-order valence-corrected chi connectivity index (χ2v) is 7.59. The molecule has 0 aliphatic carbocycles. The van der Waals surface area contributed by atoms with Crippen LogP contribution in [0.25, 0.3) is 0 Å². The first-order valence-electron chi connectivity index (χ1n) is 9.63. The molecule has 2 atom stereocenters. The molecule has 0 saturated carbocycles. The molecule has 2 aromatic carbocycles. The lowest BCUT2D eigenvalue weighted by Gasteiger charge is -2.25. The first-order valence-corrected chi connectivity index (χ1v) is 9.63. The topological polar surface area (TPSA) is 52.7 Å². The molecule has 2 amide bonds. The standard InChI is InChI=1S/C22H24F3N3O2/c1-27(2)19(15-7-4-3-5-8-15)13-26-21(30)16-11-20(29)28(14-16)18-10-6-9-17(12-18)22(23,24)25/h3-10,12,16,19H,11,13-14H2,1-2H3,(H,26,30)/t16-,19-/m1/s1. The summed E-state index contributed by atoms with van der Waals surface area (Å²) in [4.78, 5) is 28.3. The van der Waals surface area contributed by atoms with Gasteiger partial charge in [0.1, 0.15) is 0 Å². The van der Waals surface area contributed by atoms with E-state index >= 15 is 0 Å². The Bertz CT molecular complexity index is 900. The molecule has 160 valence electrons. The number of nitrogens with zero attached hydrogens (tertiary/aromatic N) is 2. The summed E-state index contributed by atoms with van der Waals surface area (Å²) in [5.41, 5.74) is 0.383. The van der Waals surface area contributed by atoms with Gasteiger partial charge in [-0.2, -0.15) is 13.2 Å². The van der Waals surface area contributed by atoms with E-state index in [1.54, 1.807) is 0 Å². The molecule has 8 heteroatoms. The highest BCUT2D eigenvalue weighted by Crippen LogP contribution is 2.33. The van der Waals surface area contributed by atoms with Crippen molar-refractivity contribution in [1.29, 1.82) is 0 Å². The number of benzene rings is 2. The van der Waals surface area contributed by atoms with Crippen LogP contribution in [0, 0.1) is 5.92 Å². The van der Waals surface area contributed by atoms with E-state index in [1.807, 2.05) is 49.3 Å². The van der Waals surface area contributed by atoms with E-state index in [4.69, 9.17) is 0 Å². The minimum atomic E-state index is -4.49. The van der Waals surface area contributed by atoms with Crippen LogP contribution in [-0.2, 0) is 15.8 Å². The van der Waals surface area contributed by atoms with Crippen molar-refractivity contribution in [2.75, 3.05) is 32.1 Å². The maximum Gasteiger partial charge on any atom is 0.416 e. The van der Waals surface area contributed by atoms with Gasteiger partial charge in [-0.3, -0.25) is 9.59 Å². The van der Waals surface area contributed by atoms with Gasteiger partial charge in [-0.05, 0) is 37.9 Å². The van der Waals surface area contributed by atoms with Crippen molar-refractivity contribution >= 4 is 17.5 Å². The van der Waals surface area contributed by atoms with Crippen molar-refractivity contribution in [2.45, 2.75) is 18.6 Å². The summed E-state index contributed by atoms with van der Waals surface area (Å²) in [5.74, 6) is -1.24. The predicted octanol–water partition coefficient (Wildman–Crippen LogP) is 3.48. The summed E-state index contributed by atoms with van der Waals surface area (Å²) >= 11 is 0. The van der Waals surface area contributed by atoms with Crippen molar-refractivity contribution in [2.24, 2.45) is 5.92 Å². The third-order valence-corrected chi connectivity index (χ3v) is 5.26. The van der Waals surface area contributed by atoms with E-state index in [0.29, 0.717) is 6.54 Å². The molecule has 5 nitrogen and oxygen atoms in total. The Balaban J connectivity index is 1.65. The molecule has 0 bridgehead atoms. The van der Waals surface area contributed by atoms with Crippen molar-refractivity contribution in [3.05, 3.63) is 65.7 Å². The Morgan fingerprint density at radius 2 is 1.87 bits per heavy atom. The Hall–Kier alpha value is -2.87. The van der Waals surface area contributed by atoms with Crippen LogP contribution in [0.4, 0.5) is 18.9 Å². The van der Waals surface area contributed by atoms with Gasteiger partial charge in [0, 0.05) is 25.2 Å². The molecule has 1 aliphatic rings. The average molecular weight is 419 g/mol. The number of anilines is 1. The Kier molecular flexibility index (Phi) is 6.45. The number of likely N-dealkylation sites (N-methyl/N-ethyl adjacent to an activating group) is 1. The number of halogens is 3. The van der Waals surface area contributed by atoms with E-state index in [2.05, 4.69) is 5.32 Å². The fraction of sp³-hybridized carbons (Fsp3) is 0.364. The average Bonchev–Trinajstić information content (AvgIpc) is 3.10. The minimum absolute atomic E-state index is 0.0277. The molecule has 0 aromatic heterocycles. The van der Waals surface area contributed by atoms with Crippen molar-refractivity contribution in [1.82, 2.24) is 10.2 Å². The van der Waals surface area contributed by atoms with Gasteiger partial charge in [-0.15, -0.1) is 0 Å². The van der Waals surface area contributed by atoms with Crippen molar-refractivity contribution in [3.8, 4) is 0 Å². The number of hydrogen-bond acceptors (Lipinski definition) is 3. The summed E-state index contributed by atoms with van der Waals surface area (Å²) in [5, 5.41) is 2.89. The van der Waals surface area contributed by atoms with Crippen LogP contribution in [-0.4, -0.2) is 43.9 Å². The summed E-state index contributed by atoms with van der Waals surface area (Å²) in [6.45, 7) is 0.425. The summed E-state index contributed by atoms with van der Waals surface area (Å²) in [6.07, 6.45) is -4.52. The number of nitrogens with one attached hydrogen (secondary N) is 1. The molecule has 1 fully saturated rings. The second kappa shape index (κ2) is 8.87. The fourth-order valence-corrected chi connectivity index (χ4v) is 3.60. The SMILES string of the molecule is CN(C)[C@H](CNC(=O)[C@@H]1CC(=O)N(c2cccc(C(F)(F)F)c2)C1)c1ccccc1. The smallest absolute Gasteiger partial charge is 0.354 e. The first kappa shape index (κ1) is 21.8. The largest absolute Gasteiger partial charge is 0.416 e. The van der Waals surface area contributed by atoms with Crippen LogP contribution in [0.2, 0.25) is 0 Å². The quantitative estimate of drug-likeness (QED) is 0.780. The third kappa shape index (κ3) is 4.99. The predicted molar refractivity (Wildman–Crippen MR) is 108 cm³/mol. The van der Waals surface area contributed by atoms with Gasteiger partial charge in [0.15, 0.2) is 0 Å². The number of rotatable bonds is 6. The highest BCUT2D eigenvalue weighted by molar-refractivity contribution is 6.00. The van der Waals surface area contributed by atoms with E-state index in [0.717, 1.165) is 17.7 Å². The molecule has 1 aliphatic heterocycles. The molecule has 2 aromatic rings. The van der Waals surface area contributed by atoms with E-state index in [1.165, 1.54) is 17.0 Å². The maximum absolute atomic E-state index is 13.0. The van der Waals surface area contributed by atoms with Crippen molar-refractivity contribution in [3.63, 3.8) is 0 Å². The van der Waals surface area contributed by atoms with E-state index < -0.39 is 17.7 Å². The highest BCUT2D eigenvalue weighted by Gasteiger charge is 2.37. The van der Waals surface area contributed by atoms with Crippen LogP contribution in [0.15, 0.2) is 54.6 Å². The van der Waals surface area contributed by atoms with Gasteiger partial charge in [0.25, 0.3) is 0 Å². The Labute approximate surface area is 173 Å².